The predicted octanol–water partition coefficient (Wildman–Crippen LogP) is 3.63. The first-order valence-electron chi connectivity index (χ1n) is 6.87. The average molecular weight is 279 g/mol. The second kappa shape index (κ2) is 4.81. The Kier molecular flexibility index (Phi) is 3.09. The van der Waals surface area contributed by atoms with Gasteiger partial charge in [0.25, 0.3) is 0 Å². The molecule has 2 aromatic heterocycles. The van der Waals surface area contributed by atoms with Crippen LogP contribution in [0.25, 0.3) is 22.2 Å². The van der Waals surface area contributed by atoms with Crippen LogP contribution in [0.15, 0.2) is 24.5 Å². The molecular formula is C17H17N3O. The number of phenolic OH excluding ortho intramolecular Hbond substituents is 1. The van der Waals surface area contributed by atoms with E-state index in [0.717, 1.165) is 44.7 Å². The van der Waals surface area contributed by atoms with Gasteiger partial charge in [-0.15, -0.1) is 0 Å². The second-order valence-corrected chi connectivity index (χ2v) is 5.40. The van der Waals surface area contributed by atoms with Gasteiger partial charge in [-0.3, -0.25) is 0 Å². The van der Waals surface area contributed by atoms with E-state index in [1.165, 1.54) is 0 Å². The number of nitrogens with zero attached hydrogens (tertiary/aromatic N) is 3. The van der Waals surface area contributed by atoms with Gasteiger partial charge in [0, 0.05) is 28.9 Å². The molecule has 0 fully saturated rings. The monoisotopic (exact) mass is 279 g/mol. The maximum atomic E-state index is 10.1. The van der Waals surface area contributed by atoms with E-state index in [4.69, 9.17) is 4.98 Å². The summed E-state index contributed by atoms with van der Waals surface area (Å²) < 4.78 is 0. The lowest BCUT2D eigenvalue weighted by atomic mass is 9.99. The number of fused-ring (bicyclic) bond motifs is 1. The Balaban J connectivity index is 2.28. The highest BCUT2D eigenvalue weighted by Gasteiger charge is 2.12. The molecule has 106 valence electrons. The summed E-state index contributed by atoms with van der Waals surface area (Å²) >= 11 is 0. The number of phenols is 1. The van der Waals surface area contributed by atoms with Crippen LogP contribution >= 0.6 is 0 Å². The lowest BCUT2D eigenvalue weighted by Crippen LogP contribution is -1.94. The third-order valence-electron chi connectivity index (χ3n) is 3.78. The van der Waals surface area contributed by atoms with Gasteiger partial charge in [-0.05, 0) is 51.0 Å². The highest BCUT2D eigenvalue weighted by atomic mass is 16.3. The number of hydrogen-bond acceptors (Lipinski definition) is 4. The van der Waals surface area contributed by atoms with Crippen LogP contribution in [0.5, 0.6) is 5.75 Å². The van der Waals surface area contributed by atoms with Crippen molar-refractivity contribution in [2.45, 2.75) is 27.7 Å². The summed E-state index contributed by atoms with van der Waals surface area (Å²) in [6.07, 6.45) is 3.58. The first-order valence-corrected chi connectivity index (χ1v) is 6.87. The molecule has 1 N–H and O–H groups in total. The summed E-state index contributed by atoms with van der Waals surface area (Å²) in [6.45, 7) is 7.71. The van der Waals surface area contributed by atoms with E-state index in [1.54, 1.807) is 12.4 Å². The van der Waals surface area contributed by atoms with Crippen LogP contribution < -0.4 is 0 Å². The molecule has 2 heterocycles. The van der Waals surface area contributed by atoms with Gasteiger partial charge in [0.15, 0.2) is 0 Å². The van der Waals surface area contributed by atoms with Gasteiger partial charge in [0.2, 0.25) is 0 Å². The number of pyridine rings is 1. The molecule has 0 atom stereocenters. The minimum Gasteiger partial charge on any atom is -0.507 e. The van der Waals surface area contributed by atoms with E-state index < -0.39 is 0 Å². The average Bonchev–Trinajstić information content (AvgIpc) is 2.45. The SMILES string of the molecule is Cc1ncc(-c2cc(C)c3c(C)c(O)c(C)cc3n2)cn1. The molecule has 0 amide bonds. The first-order chi connectivity index (χ1) is 9.97. The van der Waals surface area contributed by atoms with E-state index in [0.29, 0.717) is 5.75 Å². The lowest BCUT2D eigenvalue weighted by molar-refractivity contribution is 0.468. The third kappa shape index (κ3) is 2.23. The summed E-state index contributed by atoms with van der Waals surface area (Å²) in [5.41, 5.74) is 5.44. The Labute approximate surface area is 123 Å². The molecule has 4 nitrogen and oxygen atoms in total. The molecule has 0 saturated heterocycles. The highest BCUT2D eigenvalue weighted by molar-refractivity contribution is 5.90. The van der Waals surface area contributed by atoms with Crippen LogP contribution in [-0.4, -0.2) is 20.1 Å². The van der Waals surface area contributed by atoms with E-state index >= 15 is 0 Å². The fourth-order valence-corrected chi connectivity index (χ4v) is 2.65. The number of benzene rings is 1. The Bertz CT molecular complexity index is 839. The van der Waals surface area contributed by atoms with Crippen molar-refractivity contribution in [2.24, 2.45) is 0 Å². The molecule has 0 spiro atoms. The highest BCUT2D eigenvalue weighted by Crippen LogP contribution is 2.33. The zero-order valence-corrected chi connectivity index (χ0v) is 12.6. The predicted molar refractivity (Wildman–Crippen MR) is 83.4 cm³/mol. The topological polar surface area (TPSA) is 58.9 Å². The van der Waals surface area contributed by atoms with E-state index in [2.05, 4.69) is 9.97 Å². The Morgan fingerprint density at radius 1 is 0.905 bits per heavy atom. The van der Waals surface area contributed by atoms with Crippen molar-refractivity contribution in [2.75, 3.05) is 0 Å². The summed E-state index contributed by atoms with van der Waals surface area (Å²) in [7, 11) is 0. The number of rotatable bonds is 1. The number of aryl methyl sites for hydroxylation is 4. The maximum absolute atomic E-state index is 10.1. The molecule has 3 aromatic rings. The molecule has 1 aromatic carbocycles. The van der Waals surface area contributed by atoms with Crippen LogP contribution in [0.4, 0.5) is 0 Å². The molecule has 0 aliphatic rings. The van der Waals surface area contributed by atoms with E-state index in [-0.39, 0.29) is 0 Å². The normalized spacial score (nSPS) is 11.0. The van der Waals surface area contributed by atoms with Crippen LogP contribution in [0.2, 0.25) is 0 Å². The summed E-state index contributed by atoms with van der Waals surface area (Å²) in [4.78, 5) is 13.2. The minimum atomic E-state index is 0.346. The van der Waals surface area contributed by atoms with Crippen molar-refractivity contribution in [3.63, 3.8) is 0 Å². The van der Waals surface area contributed by atoms with Gasteiger partial charge in [0.05, 0.1) is 11.2 Å². The van der Waals surface area contributed by atoms with Crippen LogP contribution in [-0.2, 0) is 0 Å². The Morgan fingerprint density at radius 2 is 1.57 bits per heavy atom. The first kappa shape index (κ1) is 13.5. The molecule has 0 radical (unpaired) electrons. The van der Waals surface area contributed by atoms with Gasteiger partial charge in [0.1, 0.15) is 11.6 Å². The quantitative estimate of drug-likeness (QED) is 0.739. The standard InChI is InChI=1S/C17H17N3O/c1-9-5-14(13-7-18-12(4)19-8-13)20-15-6-10(2)17(21)11(3)16(9)15/h5-8,21H,1-4H3. The van der Waals surface area contributed by atoms with Gasteiger partial charge in [-0.1, -0.05) is 0 Å². The van der Waals surface area contributed by atoms with E-state index in [9.17, 15) is 5.11 Å². The van der Waals surface area contributed by atoms with Crippen molar-refractivity contribution in [1.29, 1.82) is 0 Å². The van der Waals surface area contributed by atoms with Gasteiger partial charge in [-0.25, -0.2) is 15.0 Å². The number of aromatic nitrogens is 3. The Hall–Kier alpha value is -2.49. The zero-order valence-electron chi connectivity index (χ0n) is 12.6. The summed E-state index contributed by atoms with van der Waals surface area (Å²) in [5, 5.41) is 11.1. The van der Waals surface area contributed by atoms with Crippen LogP contribution in [0.3, 0.4) is 0 Å². The molecule has 0 aliphatic carbocycles. The second-order valence-electron chi connectivity index (χ2n) is 5.40. The van der Waals surface area contributed by atoms with Gasteiger partial charge in [-0.2, -0.15) is 0 Å². The molecule has 4 heteroatoms. The largest absolute Gasteiger partial charge is 0.507 e. The molecule has 0 aliphatic heterocycles. The smallest absolute Gasteiger partial charge is 0.125 e. The third-order valence-corrected chi connectivity index (χ3v) is 3.78. The van der Waals surface area contributed by atoms with Crippen molar-refractivity contribution in [1.82, 2.24) is 15.0 Å². The molecule has 0 unspecified atom stereocenters. The van der Waals surface area contributed by atoms with Crippen LogP contribution in [0.1, 0.15) is 22.5 Å². The number of aromatic hydroxyl groups is 1. The molecule has 0 saturated carbocycles. The fraction of sp³-hybridized carbons (Fsp3) is 0.235. The van der Waals surface area contributed by atoms with Crippen LogP contribution in [0, 0.1) is 27.7 Å². The van der Waals surface area contributed by atoms with Crippen molar-refractivity contribution in [3.05, 3.63) is 47.0 Å². The molecule has 0 bridgehead atoms. The lowest BCUT2D eigenvalue weighted by Gasteiger charge is -2.12. The van der Waals surface area contributed by atoms with Gasteiger partial charge >= 0.3 is 0 Å². The maximum Gasteiger partial charge on any atom is 0.125 e. The van der Waals surface area contributed by atoms with E-state index in [1.807, 2.05) is 39.8 Å². The van der Waals surface area contributed by atoms with Gasteiger partial charge < -0.3 is 5.11 Å². The molecule has 21 heavy (non-hydrogen) atoms. The molecular weight excluding hydrogens is 262 g/mol. The van der Waals surface area contributed by atoms with Crippen molar-refractivity contribution in [3.8, 4) is 17.0 Å². The summed E-state index contributed by atoms with van der Waals surface area (Å²) in [6, 6.07) is 3.93. The fourth-order valence-electron chi connectivity index (χ4n) is 2.65. The van der Waals surface area contributed by atoms with Crippen molar-refractivity contribution >= 4 is 10.9 Å². The zero-order chi connectivity index (χ0) is 15.1. The van der Waals surface area contributed by atoms with Crippen molar-refractivity contribution < 1.29 is 5.11 Å². The molecule has 3 rings (SSSR count). The minimum absolute atomic E-state index is 0.346. The Morgan fingerprint density at radius 3 is 2.24 bits per heavy atom. The summed E-state index contributed by atoms with van der Waals surface area (Å²) in [5.74, 6) is 1.09. The number of hydrogen-bond donors (Lipinski definition) is 1.